The summed E-state index contributed by atoms with van der Waals surface area (Å²) in [5.41, 5.74) is -1.56. The van der Waals surface area contributed by atoms with Gasteiger partial charge in [0.15, 0.2) is 5.60 Å². The molecule has 1 saturated carbocycles. The second-order valence-electron chi connectivity index (χ2n) is 11.6. The molecule has 9 atom stereocenters. The fraction of sp³-hybridized carbons (Fsp3) is 0.786. The second-order valence-corrected chi connectivity index (χ2v) is 11.6. The molecule has 37 heavy (non-hydrogen) atoms. The fourth-order valence-electron chi connectivity index (χ4n) is 7.08. The Hall–Kier alpha value is -2.42. The van der Waals surface area contributed by atoms with Crippen molar-refractivity contribution in [2.24, 2.45) is 23.7 Å². The third kappa shape index (κ3) is 5.86. The summed E-state index contributed by atoms with van der Waals surface area (Å²) in [6.07, 6.45) is -0.659. The number of rotatable bonds is 5. The zero-order chi connectivity index (χ0) is 27.9. The zero-order valence-corrected chi connectivity index (χ0v) is 23.3. The van der Waals surface area contributed by atoms with Crippen LogP contribution in [0.25, 0.3) is 0 Å². The predicted molar refractivity (Wildman–Crippen MR) is 133 cm³/mol. The van der Waals surface area contributed by atoms with Crippen LogP contribution in [0.5, 0.6) is 0 Å². The molecule has 0 unspecified atom stereocenters. The van der Waals surface area contributed by atoms with Crippen LogP contribution >= 0.6 is 0 Å². The lowest BCUT2D eigenvalue weighted by molar-refractivity contribution is -0.216. The molecule has 9 heteroatoms. The second kappa shape index (κ2) is 10.8. The number of hydrogen-bond donors (Lipinski definition) is 0. The number of esters is 4. The van der Waals surface area contributed by atoms with Crippen LogP contribution in [0.2, 0.25) is 0 Å². The summed E-state index contributed by atoms with van der Waals surface area (Å²) in [7, 11) is 0. The molecule has 0 aromatic heterocycles. The molecule has 0 aromatic carbocycles. The Bertz CT molecular complexity index is 942. The highest BCUT2D eigenvalue weighted by Gasteiger charge is 2.67. The molecule has 2 aliphatic heterocycles. The molecule has 2 bridgehead atoms. The van der Waals surface area contributed by atoms with Crippen molar-refractivity contribution >= 4 is 23.9 Å². The molecular weight excluding hydrogens is 480 g/mol. The van der Waals surface area contributed by atoms with E-state index in [9.17, 15) is 19.2 Å². The van der Waals surface area contributed by atoms with Gasteiger partial charge in [-0.15, -0.1) is 0 Å². The van der Waals surface area contributed by atoms with E-state index in [1.807, 2.05) is 6.92 Å². The Morgan fingerprint density at radius 2 is 1.54 bits per heavy atom. The van der Waals surface area contributed by atoms with E-state index in [2.05, 4.69) is 20.4 Å². The number of carbonyl (C=O) groups is 4. The summed E-state index contributed by atoms with van der Waals surface area (Å²) in [6.45, 7) is 17.5. The first kappa shape index (κ1) is 29.1. The topological polar surface area (TPSA) is 114 Å². The first-order valence-corrected chi connectivity index (χ1v) is 13.2. The van der Waals surface area contributed by atoms with Crippen LogP contribution in [0.4, 0.5) is 0 Å². The number of fused-ring (bicyclic) bond motifs is 5. The third-order valence-corrected chi connectivity index (χ3v) is 8.40. The molecule has 9 nitrogen and oxygen atoms in total. The van der Waals surface area contributed by atoms with E-state index in [0.717, 1.165) is 0 Å². The smallest absolute Gasteiger partial charge is 0.303 e. The van der Waals surface area contributed by atoms with Crippen molar-refractivity contribution in [3.05, 3.63) is 12.2 Å². The van der Waals surface area contributed by atoms with Gasteiger partial charge in [0.05, 0.1) is 6.10 Å². The van der Waals surface area contributed by atoms with Crippen molar-refractivity contribution in [2.45, 2.75) is 117 Å². The summed E-state index contributed by atoms with van der Waals surface area (Å²) in [6, 6.07) is 0. The number of carbonyl (C=O) groups excluding carboxylic acids is 4. The van der Waals surface area contributed by atoms with Crippen LogP contribution in [0.3, 0.4) is 0 Å². The van der Waals surface area contributed by atoms with Crippen molar-refractivity contribution in [1.82, 2.24) is 0 Å². The van der Waals surface area contributed by atoms with Crippen molar-refractivity contribution in [1.29, 1.82) is 0 Å². The fourth-order valence-corrected chi connectivity index (χ4v) is 7.08. The van der Waals surface area contributed by atoms with Gasteiger partial charge in [-0.05, 0) is 56.9 Å². The van der Waals surface area contributed by atoms with Crippen LogP contribution in [0.15, 0.2) is 12.2 Å². The molecule has 0 aromatic rings. The van der Waals surface area contributed by atoms with E-state index in [4.69, 9.17) is 23.7 Å². The molecule has 2 saturated heterocycles. The molecule has 1 aliphatic carbocycles. The van der Waals surface area contributed by atoms with Gasteiger partial charge in [-0.25, -0.2) is 0 Å². The number of ether oxygens (including phenoxy) is 5. The Morgan fingerprint density at radius 3 is 2.05 bits per heavy atom. The lowest BCUT2D eigenvalue weighted by Crippen LogP contribution is -2.63. The quantitative estimate of drug-likeness (QED) is 0.301. The summed E-state index contributed by atoms with van der Waals surface area (Å²) < 4.78 is 30.2. The minimum atomic E-state index is -1.19. The summed E-state index contributed by atoms with van der Waals surface area (Å²) >= 11 is 0. The van der Waals surface area contributed by atoms with Crippen LogP contribution < -0.4 is 0 Å². The van der Waals surface area contributed by atoms with E-state index < -0.39 is 65.4 Å². The zero-order valence-electron chi connectivity index (χ0n) is 23.3. The predicted octanol–water partition coefficient (Wildman–Crippen LogP) is 3.91. The van der Waals surface area contributed by atoms with Gasteiger partial charge in [-0.2, -0.15) is 0 Å². The molecule has 208 valence electrons. The van der Waals surface area contributed by atoms with Crippen molar-refractivity contribution < 1.29 is 42.9 Å². The summed E-state index contributed by atoms with van der Waals surface area (Å²) in [5, 5.41) is 0. The van der Waals surface area contributed by atoms with Crippen LogP contribution in [0.1, 0.15) is 81.1 Å². The average molecular weight is 523 g/mol. The molecule has 3 aliphatic rings. The average Bonchev–Trinajstić information content (AvgIpc) is 3.13. The van der Waals surface area contributed by atoms with E-state index in [-0.39, 0.29) is 17.8 Å². The van der Waals surface area contributed by atoms with Gasteiger partial charge in [0.1, 0.15) is 23.9 Å². The first-order chi connectivity index (χ1) is 17.1. The van der Waals surface area contributed by atoms with Crippen LogP contribution in [-0.2, 0) is 42.9 Å². The SMILES string of the molecule is C=C1C[C@H]2O[C@H]([C@H]3[C@@H]2[C@](C)(OC(C)=O)[C@@H](OC(C)=O)C[C@@H]3C(C)C)[C@](C)(OC(C)=O)CC[C@@H]1OC(C)=O. The minimum absolute atomic E-state index is 0.0276. The maximum atomic E-state index is 12.4. The van der Waals surface area contributed by atoms with Gasteiger partial charge in [0.2, 0.25) is 0 Å². The van der Waals surface area contributed by atoms with Gasteiger partial charge in [0, 0.05) is 39.5 Å². The Labute approximate surface area is 219 Å². The highest BCUT2D eigenvalue weighted by atomic mass is 16.6. The largest absolute Gasteiger partial charge is 0.458 e. The molecule has 0 radical (unpaired) electrons. The number of hydrogen-bond acceptors (Lipinski definition) is 9. The summed E-state index contributed by atoms with van der Waals surface area (Å²) in [5.74, 6) is -2.17. The van der Waals surface area contributed by atoms with E-state index in [0.29, 0.717) is 31.3 Å². The normalized spacial score (nSPS) is 39.5. The maximum absolute atomic E-state index is 12.4. The van der Waals surface area contributed by atoms with Crippen LogP contribution in [-0.4, -0.2) is 59.5 Å². The molecule has 2 heterocycles. The first-order valence-electron chi connectivity index (χ1n) is 13.2. The maximum Gasteiger partial charge on any atom is 0.303 e. The monoisotopic (exact) mass is 522 g/mol. The Morgan fingerprint density at radius 1 is 0.946 bits per heavy atom. The van der Waals surface area contributed by atoms with Crippen molar-refractivity contribution in [3.63, 3.8) is 0 Å². The van der Waals surface area contributed by atoms with E-state index in [1.165, 1.54) is 27.7 Å². The van der Waals surface area contributed by atoms with Gasteiger partial charge in [0.25, 0.3) is 0 Å². The summed E-state index contributed by atoms with van der Waals surface area (Å²) in [4.78, 5) is 48.7. The highest BCUT2D eigenvalue weighted by molar-refractivity contribution is 5.68. The van der Waals surface area contributed by atoms with Gasteiger partial charge >= 0.3 is 23.9 Å². The lowest BCUT2D eigenvalue weighted by Gasteiger charge is -2.53. The van der Waals surface area contributed by atoms with E-state index in [1.54, 1.807) is 6.92 Å². The third-order valence-electron chi connectivity index (χ3n) is 8.40. The molecule has 3 fully saturated rings. The Balaban J connectivity index is 2.20. The molecular formula is C28H42O9. The standard InChI is InChI=1S/C28H42O9/c1-14(2)20-13-23(34-17(5)30)28(9,37-19(7)32)25-22-12-15(3)21(33-16(4)29)10-11-27(8,36-18(6)31)26(35-22)24(20)25/h14,20-26H,3,10-13H2,1-2,4-9H3/t20-,21+,22-,23+,24-,25-,26-,27-,28-/m1/s1. The van der Waals surface area contributed by atoms with Crippen molar-refractivity contribution in [3.8, 4) is 0 Å². The molecule has 0 amide bonds. The lowest BCUT2D eigenvalue weighted by atomic mass is 9.56. The molecule has 0 N–H and O–H groups in total. The van der Waals surface area contributed by atoms with Gasteiger partial charge < -0.3 is 23.7 Å². The van der Waals surface area contributed by atoms with Gasteiger partial charge in [-0.3, -0.25) is 19.2 Å². The van der Waals surface area contributed by atoms with Crippen LogP contribution in [0, 0.1) is 23.7 Å². The van der Waals surface area contributed by atoms with Crippen molar-refractivity contribution in [2.75, 3.05) is 0 Å². The van der Waals surface area contributed by atoms with Gasteiger partial charge in [-0.1, -0.05) is 20.4 Å². The van der Waals surface area contributed by atoms with E-state index >= 15 is 0 Å². The Kier molecular flexibility index (Phi) is 8.47. The molecule has 3 rings (SSSR count). The minimum Gasteiger partial charge on any atom is -0.458 e. The molecule has 0 spiro atoms. The highest BCUT2D eigenvalue weighted by Crippen LogP contribution is 2.59.